The lowest BCUT2D eigenvalue weighted by Crippen LogP contribution is -2.71. The minimum absolute atomic E-state index is 0.177. The number of carbonyl (C=O) groups excluding carboxylic acids is 1. The highest BCUT2D eigenvalue weighted by Gasteiger charge is 2.70. The molecule has 5 nitrogen and oxygen atoms in total. The van der Waals surface area contributed by atoms with Crippen molar-refractivity contribution < 1.29 is 25.2 Å². The van der Waals surface area contributed by atoms with Gasteiger partial charge >= 0.3 is 5.97 Å². The van der Waals surface area contributed by atoms with Crippen LogP contribution in [-0.2, 0) is 4.89 Å². The maximum absolute atomic E-state index is 11.0. The molecule has 0 amide bonds. The Labute approximate surface area is 333 Å². The van der Waals surface area contributed by atoms with Crippen LogP contribution in [0.25, 0.3) is 0 Å². The molecule has 21 aliphatic carbocycles. The maximum atomic E-state index is 11.0. The van der Waals surface area contributed by atoms with Gasteiger partial charge in [-0.25, -0.2) is 4.79 Å². The smallest absolute Gasteiger partial charge is 0.372 e. The van der Waals surface area contributed by atoms with Crippen molar-refractivity contribution in [2.24, 2.45) is 130 Å². The van der Waals surface area contributed by atoms with E-state index >= 15 is 0 Å². The molecule has 4 atom stereocenters. The van der Waals surface area contributed by atoms with E-state index < -0.39 is 5.97 Å². The summed E-state index contributed by atoms with van der Waals surface area (Å²) in [5, 5.41) is 30.0. The van der Waals surface area contributed by atoms with Crippen LogP contribution in [-0.4, -0.2) is 32.6 Å². The summed E-state index contributed by atoms with van der Waals surface area (Å²) in [6.45, 7) is 0. The van der Waals surface area contributed by atoms with Gasteiger partial charge in [0.15, 0.2) is 0 Å². The van der Waals surface area contributed by atoms with E-state index in [1.807, 2.05) is 0 Å². The Hall–Kier alpha value is -1.14. The fourth-order valence-electron chi connectivity index (χ4n) is 21.3. The average molecular weight is 770 g/mol. The predicted octanol–water partition coefficient (Wildman–Crippen LogP) is 10.2. The van der Waals surface area contributed by atoms with Gasteiger partial charge in [-0.15, -0.1) is 0 Å². The summed E-state index contributed by atoms with van der Waals surface area (Å²) >= 11 is 5.56. The normalized spacial score (nSPS) is 60.0. The molecule has 1 aromatic rings. The standard InChI is InChI=1S/2C14H20O.C14H20.C7H5ClO3/c15-14-6-8-2-10-9-1-7(4-12(10)14)5-13(14)11(9)3-8;15-14-4-11-8-1-7-2-9(11)13(6-14)10(3-7)12(8)5-14;1-7-2-12-10-4-8-5-11(9(1)10)13(3-7)14(12)6-8;8-6-3-1-2-5(4-6)7(9)11-10/h2*7-13,15H,1-6H2;7-14H,1-6H2;1-4,10H. The zero-order valence-corrected chi connectivity index (χ0v) is 33.5. The molecule has 21 saturated carbocycles. The van der Waals surface area contributed by atoms with Crippen LogP contribution in [0.1, 0.15) is 126 Å². The molecule has 0 heterocycles. The van der Waals surface area contributed by atoms with Crippen molar-refractivity contribution in [1.82, 2.24) is 0 Å². The van der Waals surface area contributed by atoms with Crippen molar-refractivity contribution in [2.75, 3.05) is 0 Å². The summed E-state index contributed by atoms with van der Waals surface area (Å²) in [7, 11) is 0. The fourth-order valence-corrected chi connectivity index (χ4v) is 21.5. The van der Waals surface area contributed by atoms with Crippen LogP contribution in [0.4, 0.5) is 0 Å². The Bertz CT molecular complexity index is 1560. The van der Waals surface area contributed by atoms with Crippen molar-refractivity contribution in [3.63, 3.8) is 0 Å². The van der Waals surface area contributed by atoms with Crippen molar-refractivity contribution in [1.29, 1.82) is 0 Å². The first-order valence-electron chi connectivity index (χ1n) is 23.7. The van der Waals surface area contributed by atoms with Crippen LogP contribution < -0.4 is 0 Å². The summed E-state index contributed by atoms with van der Waals surface area (Å²) in [5.74, 6) is 22.3. The predicted molar refractivity (Wildman–Crippen MR) is 209 cm³/mol. The number of aliphatic hydroxyl groups is 2. The van der Waals surface area contributed by atoms with Crippen LogP contribution in [0.15, 0.2) is 24.3 Å². The Morgan fingerprint density at radius 3 is 1.27 bits per heavy atom. The Balaban J connectivity index is 0.0000000784. The third-order valence-corrected chi connectivity index (χ3v) is 22.3. The molecule has 0 saturated heterocycles. The highest BCUT2D eigenvalue weighted by Crippen LogP contribution is 2.74. The minimum atomic E-state index is -0.813. The second-order valence-corrected chi connectivity index (χ2v) is 24.2. The van der Waals surface area contributed by atoms with E-state index in [-0.39, 0.29) is 16.8 Å². The Morgan fingerprint density at radius 1 is 0.509 bits per heavy atom. The van der Waals surface area contributed by atoms with Crippen molar-refractivity contribution in [3.05, 3.63) is 34.9 Å². The van der Waals surface area contributed by atoms with E-state index in [9.17, 15) is 15.0 Å². The molecular weight excluding hydrogens is 704 g/mol. The van der Waals surface area contributed by atoms with Crippen LogP contribution in [0, 0.1) is 130 Å². The molecule has 298 valence electrons. The molecule has 55 heavy (non-hydrogen) atoms. The lowest BCUT2D eigenvalue weighted by molar-refractivity contribution is -0.287. The van der Waals surface area contributed by atoms with Crippen molar-refractivity contribution >= 4 is 17.6 Å². The number of hydrogen-bond acceptors (Lipinski definition) is 5. The molecule has 21 fully saturated rings. The number of hydrogen-bond donors (Lipinski definition) is 3. The van der Waals surface area contributed by atoms with Gasteiger partial charge in [-0.1, -0.05) is 17.7 Å². The molecule has 4 unspecified atom stereocenters. The highest BCUT2D eigenvalue weighted by atomic mass is 35.5. The van der Waals surface area contributed by atoms with Gasteiger partial charge in [-0.3, -0.25) is 4.89 Å². The first-order chi connectivity index (χ1) is 26.6. The van der Waals surface area contributed by atoms with Crippen LogP contribution in [0.3, 0.4) is 0 Å². The molecular formula is C49H65ClO5. The van der Waals surface area contributed by atoms with E-state index in [0.29, 0.717) is 5.02 Å². The number of rotatable bonds is 1. The molecule has 6 heteroatoms. The molecule has 21 aliphatic rings. The lowest BCUT2D eigenvalue weighted by atomic mass is 9.34. The molecule has 22 rings (SSSR count). The second-order valence-electron chi connectivity index (χ2n) is 23.7. The van der Waals surface area contributed by atoms with Gasteiger partial charge in [0.25, 0.3) is 0 Å². The van der Waals surface area contributed by atoms with Crippen molar-refractivity contribution in [3.8, 4) is 0 Å². The van der Waals surface area contributed by atoms with Crippen molar-refractivity contribution in [2.45, 2.75) is 127 Å². The molecule has 0 radical (unpaired) electrons. The third-order valence-electron chi connectivity index (χ3n) is 22.1. The zero-order valence-electron chi connectivity index (χ0n) is 32.8. The largest absolute Gasteiger partial charge is 0.390 e. The van der Waals surface area contributed by atoms with Gasteiger partial charge in [0.1, 0.15) is 0 Å². The lowest BCUT2D eigenvalue weighted by Gasteiger charge is -2.72. The SMILES string of the molecule is C1C2CC3C4CC5CC(C14)C(C2)C3C5.O=C(OO)c1cccc(Cl)c1.OC12CC3C4CC5CC3C(C1)C(C5)C4C2.OC12CC3CC4C5CC(CC41)CC2C5C3. The third kappa shape index (κ3) is 4.91. The summed E-state index contributed by atoms with van der Waals surface area (Å²) in [4.78, 5) is 14.1. The second kappa shape index (κ2) is 12.0. The Morgan fingerprint density at radius 2 is 0.873 bits per heavy atom. The van der Waals surface area contributed by atoms with E-state index in [4.69, 9.17) is 16.9 Å². The minimum Gasteiger partial charge on any atom is -0.390 e. The van der Waals surface area contributed by atoms with E-state index in [2.05, 4.69) is 4.89 Å². The first-order valence-corrected chi connectivity index (χ1v) is 24.1. The van der Waals surface area contributed by atoms with Crippen LogP contribution >= 0.6 is 11.6 Å². The van der Waals surface area contributed by atoms with Crippen LogP contribution in [0.5, 0.6) is 0 Å². The monoisotopic (exact) mass is 768 g/mol. The number of benzene rings is 1. The zero-order chi connectivity index (χ0) is 36.7. The van der Waals surface area contributed by atoms with Gasteiger partial charge < -0.3 is 10.2 Å². The van der Waals surface area contributed by atoms with Gasteiger partial charge in [-0.2, -0.15) is 5.26 Å². The fraction of sp³-hybridized carbons (Fsp3) is 0.857. The summed E-state index contributed by atoms with van der Waals surface area (Å²) < 4.78 is 0. The maximum Gasteiger partial charge on any atom is 0.372 e. The van der Waals surface area contributed by atoms with E-state index in [1.54, 1.807) is 50.7 Å². The molecule has 0 aliphatic heterocycles. The molecule has 24 bridgehead atoms. The van der Waals surface area contributed by atoms with E-state index in [1.165, 1.54) is 137 Å². The summed E-state index contributed by atoms with van der Waals surface area (Å²) in [6, 6.07) is 6.11. The topological polar surface area (TPSA) is 87.0 Å². The average Bonchev–Trinajstić information content (AvgIpc) is 3.20. The van der Waals surface area contributed by atoms with Crippen LogP contribution in [0.2, 0.25) is 5.02 Å². The first kappa shape index (κ1) is 34.7. The molecule has 3 N–H and O–H groups in total. The van der Waals surface area contributed by atoms with Gasteiger partial charge in [0.2, 0.25) is 0 Å². The molecule has 1 aromatic carbocycles. The highest BCUT2D eigenvalue weighted by molar-refractivity contribution is 6.30. The van der Waals surface area contributed by atoms with Gasteiger partial charge in [0, 0.05) is 5.02 Å². The quantitative estimate of drug-likeness (QED) is 0.196. The number of carbonyl (C=O) groups is 1. The van der Waals surface area contributed by atoms with Gasteiger partial charge in [-0.05, 0) is 264 Å². The molecule has 0 aromatic heterocycles. The van der Waals surface area contributed by atoms with Gasteiger partial charge in [0.05, 0.1) is 16.8 Å². The summed E-state index contributed by atoms with van der Waals surface area (Å²) in [5.41, 5.74) is -0.155. The number of halogens is 1. The molecule has 0 spiro atoms. The van der Waals surface area contributed by atoms with E-state index in [0.717, 1.165) is 82.9 Å². The summed E-state index contributed by atoms with van der Waals surface area (Å²) in [6.07, 6.45) is 26.5. The Kier molecular flexibility index (Phi) is 7.57.